The number of fused-ring (bicyclic) bond motifs is 2. The van der Waals surface area contributed by atoms with Crippen LogP contribution in [0.3, 0.4) is 0 Å². The number of nitrogens with zero attached hydrogens (tertiary/aromatic N) is 1. The van der Waals surface area contributed by atoms with E-state index in [-0.39, 0.29) is 17.9 Å². The lowest BCUT2D eigenvalue weighted by Crippen LogP contribution is -2.40. The molecule has 0 radical (unpaired) electrons. The van der Waals surface area contributed by atoms with Crippen LogP contribution in [0.2, 0.25) is 0 Å². The zero-order valence-corrected chi connectivity index (χ0v) is 14.3. The third kappa shape index (κ3) is 2.83. The van der Waals surface area contributed by atoms with Crippen molar-refractivity contribution >= 4 is 17.5 Å². The second-order valence-corrected chi connectivity index (χ2v) is 7.80. The molecule has 4 nitrogen and oxygen atoms in total. The summed E-state index contributed by atoms with van der Waals surface area (Å²) >= 11 is 0. The van der Waals surface area contributed by atoms with Crippen LogP contribution in [0.1, 0.15) is 55.8 Å². The minimum Gasteiger partial charge on any atom is -0.349 e. The van der Waals surface area contributed by atoms with E-state index in [2.05, 4.69) is 12.2 Å². The van der Waals surface area contributed by atoms with Gasteiger partial charge in [-0.2, -0.15) is 0 Å². The van der Waals surface area contributed by atoms with Gasteiger partial charge >= 0.3 is 0 Å². The number of nitrogens with one attached hydrogen (secondary N) is 1. The van der Waals surface area contributed by atoms with E-state index in [1.54, 1.807) is 4.90 Å². The number of anilines is 1. The minimum absolute atomic E-state index is 0.0150. The van der Waals surface area contributed by atoms with Crippen molar-refractivity contribution in [1.29, 1.82) is 0 Å². The molecule has 3 aliphatic rings. The molecule has 1 N–H and O–H groups in total. The highest BCUT2D eigenvalue weighted by Crippen LogP contribution is 2.49. The van der Waals surface area contributed by atoms with Crippen molar-refractivity contribution in [2.75, 3.05) is 11.4 Å². The van der Waals surface area contributed by atoms with Gasteiger partial charge in [0.05, 0.1) is 0 Å². The Bertz CT molecular complexity index is 657. The van der Waals surface area contributed by atoms with Crippen LogP contribution < -0.4 is 10.2 Å². The van der Waals surface area contributed by atoms with Crippen LogP contribution in [0.5, 0.6) is 0 Å². The van der Waals surface area contributed by atoms with E-state index < -0.39 is 0 Å². The molecule has 2 saturated carbocycles. The molecule has 1 aliphatic heterocycles. The molecule has 0 aromatic heterocycles. The predicted molar refractivity (Wildman–Crippen MR) is 93.9 cm³/mol. The number of hydrogen-bond acceptors (Lipinski definition) is 2. The lowest BCUT2D eigenvalue weighted by molar-refractivity contribution is -0.117. The fraction of sp³-hybridized carbons (Fsp3) is 0.600. The summed E-state index contributed by atoms with van der Waals surface area (Å²) in [4.78, 5) is 26.3. The third-order valence-corrected chi connectivity index (χ3v) is 6.29. The first kappa shape index (κ1) is 15.7. The summed E-state index contributed by atoms with van der Waals surface area (Å²) in [5.74, 6) is 2.47. The van der Waals surface area contributed by atoms with Crippen LogP contribution in [0.25, 0.3) is 0 Å². The first-order chi connectivity index (χ1) is 11.6. The molecule has 0 spiro atoms. The van der Waals surface area contributed by atoms with Crippen molar-refractivity contribution in [3.8, 4) is 0 Å². The molecule has 3 fully saturated rings. The molecule has 4 heteroatoms. The first-order valence-electron chi connectivity index (χ1n) is 9.33. The fourth-order valence-corrected chi connectivity index (χ4v) is 5.04. The van der Waals surface area contributed by atoms with Gasteiger partial charge in [-0.15, -0.1) is 0 Å². The average Bonchev–Trinajstić information content (AvgIpc) is 3.31. The Kier molecular flexibility index (Phi) is 4.07. The average molecular weight is 326 g/mol. The highest BCUT2D eigenvalue weighted by molar-refractivity contribution is 5.99. The van der Waals surface area contributed by atoms with Gasteiger partial charge in [-0.3, -0.25) is 9.59 Å². The Balaban J connectivity index is 1.43. The molecule has 128 valence electrons. The summed E-state index contributed by atoms with van der Waals surface area (Å²) in [6, 6.07) is 7.71. The van der Waals surface area contributed by atoms with Crippen molar-refractivity contribution in [1.82, 2.24) is 5.32 Å². The van der Waals surface area contributed by atoms with Gasteiger partial charge in [0.1, 0.15) is 0 Å². The SMILES string of the molecule is C[C@H](NC(=O)c1cccc(N2CCCC2=O)c1)[C@@H]1C[C@H]2CC[C@H]1C2. The zero-order valence-electron chi connectivity index (χ0n) is 14.3. The second kappa shape index (κ2) is 6.23. The van der Waals surface area contributed by atoms with E-state index in [0.29, 0.717) is 17.9 Å². The normalized spacial score (nSPS) is 30.0. The number of carbonyl (C=O) groups excluding carboxylic acids is 2. The lowest BCUT2D eigenvalue weighted by Gasteiger charge is -2.28. The molecule has 24 heavy (non-hydrogen) atoms. The largest absolute Gasteiger partial charge is 0.349 e. The fourth-order valence-electron chi connectivity index (χ4n) is 5.04. The topological polar surface area (TPSA) is 49.4 Å². The molecule has 0 unspecified atom stereocenters. The molecule has 4 atom stereocenters. The van der Waals surface area contributed by atoms with Gasteiger partial charge in [0, 0.05) is 30.3 Å². The molecule has 2 aliphatic carbocycles. The predicted octanol–water partition coefficient (Wildman–Crippen LogP) is 3.37. The monoisotopic (exact) mass is 326 g/mol. The summed E-state index contributed by atoms with van der Waals surface area (Å²) in [6.45, 7) is 2.91. The van der Waals surface area contributed by atoms with E-state index in [1.807, 2.05) is 24.3 Å². The molecule has 2 bridgehead atoms. The van der Waals surface area contributed by atoms with E-state index >= 15 is 0 Å². The maximum atomic E-state index is 12.7. The van der Waals surface area contributed by atoms with Crippen molar-refractivity contribution in [3.05, 3.63) is 29.8 Å². The molecule has 1 saturated heterocycles. The summed E-state index contributed by atoms with van der Waals surface area (Å²) in [7, 11) is 0. The van der Waals surface area contributed by atoms with Gasteiger partial charge in [-0.05, 0) is 68.6 Å². The summed E-state index contributed by atoms with van der Waals surface area (Å²) < 4.78 is 0. The zero-order chi connectivity index (χ0) is 16.7. The Morgan fingerprint density at radius 3 is 2.83 bits per heavy atom. The standard InChI is InChI=1S/C20H26N2O2/c1-13(18-11-14-7-8-15(18)10-14)21-20(24)16-4-2-5-17(12-16)22-9-3-6-19(22)23/h2,4-5,12-15,18H,3,6-11H2,1H3,(H,21,24)/t13-,14-,15-,18-/m0/s1. The van der Waals surface area contributed by atoms with Crippen LogP contribution in [-0.2, 0) is 4.79 Å². The van der Waals surface area contributed by atoms with Crippen molar-refractivity contribution in [2.24, 2.45) is 17.8 Å². The molecular formula is C20H26N2O2. The maximum absolute atomic E-state index is 12.7. The quantitative estimate of drug-likeness (QED) is 0.922. The van der Waals surface area contributed by atoms with Crippen molar-refractivity contribution in [3.63, 3.8) is 0 Å². The van der Waals surface area contributed by atoms with Gasteiger partial charge in [0.2, 0.25) is 5.91 Å². The summed E-state index contributed by atoms with van der Waals surface area (Å²) in [5.41, 5.74) is 1.50. The highest BCUT2D eigenvalue weighted by atomic mass is 16.2. The summed E-state index contributed by atoms with van der Waals surface area (Å²) in [6.07, 6.45) is 6.86. The molecular weight excluding hydrogens is 300 g/mol. The van der Waals surface area contributed by atoms with Crippen LogP contribution in [-0.4, -0.2) is 24.4 Å². The van der Waals surface area contributed by atoms with Gasteiger partial charge in [0.25, 0.3) is 5.91 Å². The smallest absolute Gasteiger partial charge is 0.251 e. The minimum atomic E-state index is -0.0150. The Morgan fingerprint density at radius 2 is 2.17 bits per heavy atom. The van der Waals surface area contributed by atoms with Gasteiger partial charge < -0.3 is 10.2 Å². The van der Waals surface area contributed by atoms with Gasteiger partial charge in [0.15, 0.2) is 0 Å². The van der Waals surface area contributed by atoms with E-state index in [9.17, 15) is 9.59 Å². The second-order valence-electron chi connectivity index (χ2n) is 7.80. The van der Waals surface area contributed by atoms with Gasteiger partial charge in [-0.1, -0.05) is 12.5 Å². The molecule has 4 rings (SSSR count). The van der Waals surface area contributed by atoms with Crippen LogP contribution in [0, 0.1) is 17.8 Å². The van der Waals surface area contributed by atoms with E-state index in [0.717, 1.165) is 30.5 Å². The number of amides is 2. The van der Waals surface area contributed by atoms with Crippen LogP contribution >= 0.6 is 0 Å². The molecule has 2 amide bonds. The lowest BCUT2D eigenvalue weighted by atomic mass is 9.84. The van der Waals surface area contributed by atoms with Gasteiger partial charge in [-0.25, -0.2) is 0 Å². The molecule has 1 aromatic rings. The number of benzene rings is 1. The van der Waals surface area contributed by atoms with E-state index in [4.69, 9.17) is 0 Å². The first-order valence-corrected chi connectivity index (χ1v) is 9.33. The van der Waals surface area contributed by atoms with Crippen LogP contribution in [0.4, 0.5) is 5.69 Å². The maximum Gasteiger partial charge on any atom is 0.251 e. The Labute approximate surface area is 143 Å². The Hall–Kier alpha value is -1.84. The van der Waals surface area contributed by atoms with Crippen molar-refractivity contribution < 1.29 is 9.59 Å². The van der Waals surface area contributed by atoms with E-state index in [1.165, 1.54) is 25.7 Å². The Morgan fingerprint density at radius 1 is 1.29 bits per heavy atom. The van der Waals surface area contributed by atoms with Crippen LogP contribution in [0.15, 0.2) is 24.3 Å². The number of carbonyl (C=O) groups is 2. The highest BCUT2D eigenvalue weighted by Gasteiger charge is 2.42. The summed E-state index contributed by atoms with van der Waals surface area (Å²) in [5, 5.41) is 3.21. The number of rotatable bonds is 4. The third-order valence-electron chi connectivity index (χ3n) is 6.29. The molecule has 1 heterocycles. The number of hydrogen-bond donors (Lipinski definition) is 1. The van der Waals surface area contributed by atoms with Crippen molar-refractivity contribution in [2.45, 2.75) is 51.5 Å². The molecule has 1 aromatic carbocycles.